The fourth-order valence-electron chi connectivity index (χ4n) is 1.84. The lowest BCUT2D eigenvalue weighted by molar-refractivity contribution is -0.142. The number of nitrogens with two attached hydrogens (primary N) is 1. The maximum Gasteiger partial charge on any atom is 0.328 e. The molecule has 17 heavy (non-hydrogen) atoms. The Kier molecular flexibility index (Phi) is 2.93. The zero-order valence-electron chi connectivity index (χ0n) is 9.27. The topological polar surface area (TPSA) is 63.3 Å². The SMILES string of the molecule is C[C@](N)(C(=O)O)c1cccc2c(Br)cccc12. The Hall–Kier alpha value is -1.39. The predicted molar refractivity (Wildman–Crippen MR) is 70.8 cm³/mol. The maximum absolute atomic E-state index is 11.2. The molecule has 3 N–H and O–H groups in total. The van der Waals surface area contributed by atoms with Crippen LogP contribution < -0.4 is 5.73 Å². The summed E-state index contributed by atoms with van der Waals surface area (Å²) in [6.07, 6.45) is 0. The van der Waals surface area contributed by atoms with Gasteiger partial charge in [0.2, 0.25) is 0 Å². The van der Waals surface area contributed by atoms with E-state index in [1.54, 1.807) is 6.07 Å². The van der Waals surface area contributed by atoms with Crippen LogP contribution in [-0.2, 0) is 10.3 Å². The first-order chi connectivity index (χ1) is 7.94. The Morgan fingerprint density at radius 1 is 1.24 bits per heavy atom. The van der Waals surface area contributed by atoms with Gasteiger partial charge in [-0.3, -0.25) is 0 Å². The maximum atomic E-state index is 11.2. The third-order valence-corrected chi connectivity index (χ3v) is 3.56. The third kappa shape index (κ3) is 1.94. The minimum Gasteiger partial charge on any atom is -0.480 e. The molecule has 2 aromatic rings. The number of benzene rings is 2. The van der Waals surface area contributed by atoms with E-state index >= 15 is 0 Å². The van der Waals surface area contributed by atoms with Crippen LogP contribution in [-0.4, -0.2) is 11.1 Å². The first kappa shape index (κ1) is 12.1. The van der Waals surface area contributed by atoms with Crippen molar-refractivity contribution in [1.82, 2.24) is 0 Å². The molecule has 88 valence electrons. The first-order valence-electron chi connectivity index (χ1n) is 5.14. The summed E-state index contributed by atoms with van der Waals surface area (Å²) in [6.45, 7) is 1.50. The number of fused-ring (bicyclic) bond motifs is 1. The molecule has 0 bridgehead atoms. The highest BCUT2D eigenvalue weighted by atomic mass is 79.9. The number of carboxylic acid groups (broad SMARTS) is 1. The minimum atomic E-state index is -1.39. The van der Waals surface area contributed by atoms with Gasteiger partial charge >= 0.3 is 5.97 Å². The lowest BCUT2D eigenvalue weighted by atomic mass is 9.89. The van der Waals surface area contributed by atoms with Crippen molar-refractivity contribution < 1.29 is 9.90 Å². The van der Waals surface area contributed by atoms with Crippen molar-refractivity contribution in [3.05, 3.63) is 46.4 Å². The van der Waals surface area contributed by atoms with E-state index in [0.717, 1.165) is 15.2 Å². The molecule has 0 aromatic heterocycles. The van der Waals surface area contributed by atoms with E-state index < -0.39 is 11.5 Å². The molecular formula is C13H12BrNO2. The van der Waals surface area contributed by atoms with Crippen LogP contribution >= 0.6 is 15.9 Å². The Morgan fingerprint density at radius 2 is 1.82 bits per heavy atom. The molecule has 0 unspecified atom stereocenters. The van der Waals surface area contributed by atoms with E-state index in [1.807, 2.05) is 30.3 Å². The summed E-state index contributed by atoms with van der Waals surface area (Å²) in [5.41, 5.74) is 5.11. The number of halogens is 1. The first-order valence-corrected chi connectivity index (χ1v) is 5.94. The molecule has 0 fully saturated rings. The van der Waals surface area contributed by atoms with Crippen LogP contribution in [0.4, 0.5) is 0 Å². The molecule has 0 spiro atoms. The fourth-order valence-corrected chi connectivity index (χ4v) is 2.34. The van der Waals surface area contributed by atoms with Crippen molar-refractivity contribution in [1.29, 1.82) is 0 Å². The normalized spacial score (nSPS) is 14.5. The van der Waals surface area contributed by atoms with Gasteiger partial charge in [0.05, 0.1) is 0 Å². The fraction of sp³-hybridized carbons (Fsp3) is 0.154. The van der Waals surface area contributed by atoms with Gasteiger partial charge in [0.25, 0.3) is 0 Å². The van der Waals surface area contributed by atoms with Crippen molar-refractivity contribution in [2.24, 2.45) is 5.73 Å². The molecule has 0 aliphatic rings. The smallest absolute Gasteiger partial charge is 0.328 e. The van der Waals surface area contributed by atoms with Crippen LogP contribution in [0.1, 0.15) is 12.5 Å². The molecule has 0 aliphatic heterocycles. The molecule has 0 aliphatic carbocycles. The molecule has 4 heteroatoms. The summed E-state index contributed by atoms with van der Waals surface area (Å²) >= 11 is 3.45. The molecule has 3 nitrogen and oxygen atoms in total. The second kappa shape index (κ2) is 4.13. The average molecular weight is 294 g/mol. The second-order valence-electron chi connectivity index (χ2n) is 4.15. The number of aliphatic carboxylic acids is 1. The van der Waals surface area contributed by atoms with Gasteiger partial charge in [-0.2, -0.15) is 0 Å². The predicted octanol–water partition coefficient (Wildman–Crippen LogP) is 2.86. The van der Waals surface area contributed by atoms with Gasteiger partial charge in [0.15, 0.2) is 0 Å². The Balaban J connectivity index is 2.80. The summed E-state index contributed by atoms with van der Waals surface area (Å²) in [4.78, 5) is 11.2. The summed E-state index contributed by atoms with van der Waals surface area (Å²) in [5.74, 6) is -1.04. The summed E-state index contributed by atoms with van der Waals surface area (Å²) in [6, 6.07) is 11.2. The van der Waals surface area contributed by atoms with E-state index in [4.69, 9.17) is 5.73 Å². The summed E-state index contributed by atoms with van der Waals surface area (Å²) in [7, 11) is 0. The third-order valence-electron chi connectivity index (χ3n) is 2.87. The van der Waals surface area contributed by atoms with Crippen molar-refractivity contribution >= 4 is 32.7 Å². The van der Waals surface area contributed by atoms with Gasteiger partial charge in [0.1, 0.15) is 5.54 Å². The van der Waals surface area contributed by atoms with Crippen LogP contribution in [0, 0.1) is 0 Å². The Morgan fingerprint density at radius 3 is 2.47 bits per heavy atom. The lowest BCUT2D eigenvalue weighted by Crippen LogP contribution is -2.41. The molecule has 0 radical (unpaired) electrons. The van der Waals surface area contributed by atoms with Crippen LogP contribution in [0.2, 0.25) is 0 Å². The van der Waals surface area contributed by atoms with Crippen molar-refractivity contribution in [2.45, 2.75) is 12.5 Å². The van der Waals surface area contributed by atoms with Crippen LogP contribution in [0.15, 0.2) is 40.9 Å². The standard InChI is InChI=1S/C13H12BrNO2/c1-13(15,12(16)17)10-6-2-5-9-8(10)4-3-7-11(9)14/h2-7H,15H2,1H3,(H,16,17)/t13-/m1/s1. The summed E-state index contributed by atoms with van der Waals surface area (Å²) < 4.78 is 0.929. The zero-order valence-corrected chi connectivity index (χ0v) is 10.9. The molecule has 0 saturated heterocycles. The quantitative estimate of drug-likeness (QED) is 0.895. The van der Waals surface area contributed by atoms with Crippen molar-refractivity contribution in [2.75, 3.05) is 0 Å². The highest BCUT2D eigenvalue weighted by Crippen LogP contribution is 2.31. The largest absolute Gasteiger partial charge is 0.480 e. The van der Waals surface area contributed by atoms with E-state index in [9.17, 15) is 9.90 Å². The monoisotopic (exact) mass is 293 g/mol. The Labute approximate surface area is 107 Å². The second-order valence-corrected chi connectivity index (χ2v) is 5.00. The molecule has 0 amide bonds. The summed E-state index contributed by atoms with van der Waals surface area (Å²) in [5, 5.41) is 11.0. The number of hydrogen-bond donors (Lipinski definition) is 2. The van der Waals surface area contributed by atoms with E-state index in [2.05, 4.69) is 15.9 Å². The van der Waals surface area contributed by atoms with Gasteiger partial charge in [-0.1, -0.05) is 46.3 Å². The average Bonchev–Trinajstić information content (AvgIpc) is 2.28. The highest BCUT2D eigenvalue weighted by Gasteiger charge is 2.31. The lowest BCUT2D eigenvalue weighted by Gasteiger charge is -2.21. The van der Waals surface area contributed by atoms with Crippen LogP contribution in [0.5, 0.6) is 0 Å². The molecule has 2 aromatic carbocycles. The Bertz CT molecular complexity index is 593. The van der Waals surface area contributed by atoms with E-state index in [1.165, 1.54) is 6.92 Å². The van der Waals surface area contributed by atoms with Gasteiger partial charge in [-0.25, -0.2) is 4.79 Å². The number of carbonyl (C=O) groups is 1. The van der Waals surface area contributed by atoms with Crippen molar-refractivity contribution in [3.63, 3.8) is 0 Å². The number of hydrogen-bond acceptors (Lipinski definition) is 2. The molecular weight excluding hydrogens is 282 g/mol. The molecule has 0 saturated carbocycles. The molecule has 0 heterocycles. The highest BCUT2D eigenvalue weighted by molar-refractivity contribution is 9.10. The van der Waals surface area contributed by atoms with Gasteiger partial charge in [-0.15, -0.1) is 0 Å². The zero-order chi connectivity index (χ0) is 12.6. The van der Waals surface area contributed by atoms with Crippen LogP contribution in [0.25, 0.3) is 10.8 Å². The van der Waals surface area contributed by atoms with Gasteiger partial charge in [0, 0.05) is 4.47 Å². The van der Waals surface area contributed by atoms with E-state index in [0.29, 0.717) is 5.56 Å². The van der Waals surface area contributed by atoms with Crippen molar-refractivity contribution in [3.8, 4) is 0 Å². The molecule has 1 atom stereocenters. The van der Waals surface area contributed by atoms with Crippen LogP contribution in [0.3, 0.4) is 0 Å². The van der Waals surface area contributed by atoms with Gasteiger partial charge in [-0.05, 0) is 29.3 Å². The number of rotatable bonds is 2. The molecule has 2 rings (SSSR count). The van der Waals surface area contributed by atoms with E-state index in [-0.39, 0.29) is 0 Å². The van der Waals surface area contributed by atoms with Gasteiger partial charge < -0.3 is 10.8 Å². The minimum absolute atomic E-state index is 0.615. The number of carboxylic acids is 1.